The summed E-state index contributed by atoms with van der Waals surface area (Å²) in [6.07, 6.45) is 0.603. The van der Waals surface area contributed by atoms with E-state index < -0.39 is 0 Å². The number of nitrogens with zero attached hydrogens (tertiary/aromatic N) is 2. The van der Waals surface area contributed by atoms with Gasteiger partial charge in [0.25, 0.3) is 0 Å². The van der Waals surface area contributed by atoms with Gasteiger partial charge in [0.2, 0.25) is 0 Å². The van der Waals surface area contributed by atoms with Gasteiger partial charge in [-0.1, -0.05) is 23.7 Å². The van der Waals surface area contributed by atoms with Crippen molar-refractivity contribution in [1.29, 1.82) is 0 Å². The lowest BCUT2D eigenvalue weighted by atomic mass is 10.1. The average Bonchev–Trinajstić information content (AvgIpc) is 2.38. The molecular weight excluding hydrogens is 330 g/mol. The summed E-state index contributed by atoms with van der Waals surface area (Å²) >= 11 is 9.22. The number of benzene rings is 1. The first kappa shape index (κ1) is 14.2. The molecule has 4 nitrogen and oxygen atoms in total. The molecule has 2 aromatic rings. The van der Waals surface area contributed by atoms with E-state index in [0.717, 1.165) is 11.3 Å². The standard InChI is InChI=1S/C13H13BrClN3O/c1-19-7-10-12(14)13(16)18-11(17-10)6-8-2-4-9(15)5-3-8/h2-5H,6-7H2,1H3,(H2,16,17,18). The first-order valence-electron chi connectivity index (χ1n) is 5.64. The van der Waals surface area contributed by atoms with Crippen LogP contribution in [0.1, 0.15) is 17.1 Å². The molecule has 1 heterocycles. The number of ether oxygens (including phenoxy) is 1. The zero-order chi connectivity index (χ0) is 13.8. The molecule has 0 unspecified atom stereocenters. The van der Waals surface area contributed by atoms with Crippen LogP contribution in [0.3, 0.4) is 0 Å². The molecule has 0 bridgehead atoms. The Morgan fingerprint density at radius 1 is 1.26 bits per heavy atom. The molecule has 19 heavy (non-hydrogen) atoms. The average molecular weight is 343 g/mol. The summed E-state index contributed by atoms with van der Waals surface area (Å²) in [5.74, 6) is 1.08. The normalized spacial score (nSPS) is 10.7. The van der Waals surface area contributed by atoms with Crippen LogP contribution in [-0.4, -0.2) is 17.1 Å². The van der Waals surface area contributed by atoms with Crippen LogP contribution in [0, 0.1) is 0 Å². The molecule has 0 aliphatic rings. The highest BCUT2D eigenvalue weighted by Gasteiger charge is 2.10. The second-order valence-electron chi connectivity index (χ2n) is 4.02. The molecule has 0 atom stereocenters. The van der Waals surface area contributed by atoms with E-state index in [9.17, 15) is 0 Å². The van der Waals surface area contributed by atoms with Crippen LogP contribution in [0.15, 0.2) is 28.7 Å². The van der Waals surface area contributed by atoms with Crippen molar-refractivity contribution in [2.45, 2.75) is 13.0 Å². The summed E-state index contributed by atoms with van der Waals surface area (Å²) in [5.41, 5.74) is 7.68. The van der Waals surface area contributed by atoms with Gasteiger partial charge >= 0.3 is 0 Å². The summed E-state index contributed by atoms with van der Waals surface area (Å²) < 4.78 is 5.78. The first-order chi connectivity index (χ1) is 9.10. The maximum Gasteiger partial charge on any atom is 0.141 e. The van der Waals surface area contributed by atoms with Crippen LogP contribution in [0.25, 0.3) is 0 Å². The van der Waals surface area contributed by atoms with Gasteiger partial charge in [-0.3, -0.25) is 0 Å². The Morgan fingerprint density at radius 3 is 2.58 bits per heavy atom. The van der Waals surface area contributed by atoms with E-state index in [-0.39, 0.29) is 0 Å². The molecule has 1 aromatic carbocycles. The van der Waals surface area contributed by atoms with Gasteiger partial charge in [0.1, 0.15) is 11.6 Å². The van der Waals surface area contributed by atoms with Crippen LogP contribution in [0.2, 0.25) is 5.02 Å². The van der Waals surface area contributed by atoms with Gasteiger partial charge < -0.3 is 10.5 Å². The number of hydrogen-bond acceptors (Lipinski definition) is 4. The third-order valence-electron chi connectivity index (χ3n) is 2.55. The van der Waals surface area contributed by atoms with Gasteiger partial charge in [-0.05, 0) is 33.6 Å². The van der Waals surface area contributed by atoms with Gasteiger partial charge in [0.15, 0.2) is 0 Å². The highest BCUT2D eigenvalue weighted by Crippen LogP contribution is 2.22. The minimum Gasteiger partial charge on any atom is -0.383 e. The predicted octanol–water partition coefficient (Wildman–Crippen LogP) is 3.21. The molecule has 0 saturated carbocycles. The number of halogens is 2. The fourth-order valence-corrected chi connectivity index (χ4v) is 2.08. The first-order valence-corrected chi connectivity index (χ1v) is 6.81. The largest absolute Gasteiger partial charge is 0.383 e. The third-order valence-corrected chi connectivity index (χ3v) is 3.66. The Morgan fingerprint density at radius 2 is 1.95 bits per heavy atom. The molecule has 100 valence electrons. The van der Waals surface area contributed by atoms with E-state index in [0.29, 0.717) is 34.2 Å². The van der Waals surface area contributed by atoms with Gasteiger partial charge in [-0.25, -0.2) is 9.97 Å². The van der Waals surface area contributed by atoms with Gasteiger partial charge in [-0.2, -0.15) is 0 Å². The molecule has 2 rings (SSSR count). The molecule has 6 heteroatoms. The lowest BCUT2D eigenvalue weighted by molar-refractivity contribution is 0.180. The van der Waals surface area contributed by atoms with E-state index in [2.05, 4.69) is 25.9 Å². The van der Waals surface area contributed by atoms with Crippen molar-refractivity contribution >= 4 is 33.3 Å². The van der Waals surface area contributed by atoms with Crippen molar-refractivity contribution in [3.63, 3.8) is 0 Å². The van der Waals surface area contributed by atoms with Crippen molar-refractivity contribution in [3.05, 3.63) is 50.8 Å². The molecule has 0 fully saturated rings. The van der Waals surface area contributed by atoms with E-state index in [1.54, 1.807) is 7.11 Å². The molecule has 0 amide bonds. The Hall–Kier alpha value is -1.17. The Kier molecular flexibility index (Phi) is 4.74. The highest BCUT2D eigenvalue weighted by molar-refractivity contribution is 9.10. The van der Waals surface area contributed by atoms with Crippen LogP contribution < -0.4 is 5.73 Å². The fraction of sp³-hybridized carbons (Fsp3) is 0.231. The number of methoxy groups -OCH3 is 1. The van der Waals surface area contributed by atoms with Crippen molar-refractivity contribution in [2.75, 3.05) is 12.8 Å². The van der Waals surface area contributed by atoms with E-state index in [1.807, 2.05) is 24.3 Å². The maximum atomic E-state index is 5.85. The van der Waals surface area contributed by atoms with Crippen molar-refractivity contribution in [2.24, 2.45) is 0 Å². The SMILES string of the molecule is COCc1nc(Cc2ccc(Cl)cc2)nc(N)c1Br. The molecule has 1 aromatic heterocycles. The van der Waals surface area contributed by atoms with E-state index in [4.69, 9.17) is 22.1 Å². The van der Waals surface area contributed by atoms with Gasteiger partial charge in [0.05, 0.1) is 16.8 Å². The number of nitrogens with two attached hydrogens (primary N) is 1. The summed E-state index contributed by atoms with van der Waals surface area (Å²) in [6, 6.07) is 7.57. The minimum atomic E-state index is 0.390. The van der Waals surface area contributed by atoms with Crippen LogP contribution >= 0.6 is 27.5 Å². The van der Waals surface area contributed by atoms with Gasteiger partial charge in [-0.15, -0.1) is 0 Å². The second kappa shape index (κ2) is 6.32. The number of hydrogen-bond donors (Lipinski definition) is 1. The predicted molar refractivity (Wildman–Crippen MR) is 79.1 cm³/mol. The van der Waals surface area contributed by atoms with Crippen molar-refractivity contribution < 1.29 is 4.74 Å². The topological polar surface area (TPSA) is 61.0 Å². The van der Waals surface area contributed by atoms with E-state index >= 15 is 0 Å². The minimum absolute atomic E-state index is 0.390. The lowest BCUT2D eigenvalue weighted by Gasteiger charge is -2.08. The fourth-order valence-electron chi connectivity index (χ4n) is 1.66. The monoisotopic (exact) mass is 341 g/mol. The maximum absolute atomic E-state index is 5.85. The molecule has 0 spiro atoms. The van der Waals surface area contributed by atoms with Crippen LogP contribution in [0.5, 0.6) is 0 Å². The molecule has 2 N–H and O–H groups in total. The molecule has 0 saturated heterocycles. The smallest absolute Gasteiger partial charge is 0.141 e. The molecule has 0 aliphatic carbocycles. The lowest BCUT2D eigenvalue weighted by Crippen LogP contribution is -2.06. The second-order valence-corrected chi connectivity index (χ2v) is 5.25. The summed E-state index contributed by atoms with van der Waals surface area (Å²) in [5, 5.41) is 0.708. The summed E-state index contributed by atoms with van der Waals surface area (Å²) in [6.45, 7) is 0.390. The Labute approximate surface area is 125 Å². The number of rotatable bonds is 4. The van der Waals surface area contributed by atoms with Crippen molar-refractivity contribution in [1.82, 2.24) is 9.97 Å². The highest BCUT2D eigenvalue weighted by atomic mass is 79.9. The molecular formula is C13H13BrClN3O. The van der Waals surface area contributed by atoms with E-state index in [1.165, 1.54) is 0 Å². The van der Waals surface area contributed by atoms with Gasteiger partial charge in [0, 0.05) is 18.6 Å². The summed E-state index contributed by atoms with van der Waals surface area (Å²) in [4.78, 5) is 8.71. The van der Waals surface area contributed by atoms with Crippen LogP contribution in [0.4, 0.5) is 5.82 Å². The Balaban J connectivity index is 2.27. The van der Waals surface area contributed by atoms with Crippen molar-refractivity contribution in [3.8, 4) is 0 Å². The zero-order valence-electron chi connectivity index (χ0n) is 10.4. The number of anilines is 1. The number of aromatic nitrogens is 2. The number of nitrogen functional groups attached to an aromatic ring is 1. The third kappa shape index (κ3) is 3.65. The quantitative estimate of drug-likeness (QED) is 0.927. The molecule has 0 radical (unpaired) electrons. The Bertz CT molecular complexity index is 575. The van der Waals surface area contributed by atoms with Crippen LogP contribution in [-0.2, 0) is 17.8 Å². The molecule has 0 aliphatic heterocycles. The summed E-state index contributed by atoms with van der Waals surface area (Å²) in [7, 11) is 1.61. The zero-order valence-corrected chi connectivity index (χ0v) is 12.7.